The maximum Gasteiger partial charge on any atom is 0.125 e. The number of hydrogen-bond acceptors (Lipinski definition) is 4. The van der Waals surface area contributed by atoms with Gasteiger partial charge in [0.25, 0.3) is 0 Å². The summed E-state index contributed by atoms with van der Waals surface area (Å²) >= 11 is 2.48. The van der Waals surface area contributed by atoms with Crippen LogP contribution in [-0.4, -0.2) is 23.0 Å². The summed E-state index contributed by atoms with van der Waals surface area (Å²) < 4.78 is 6.53. The molecule has 2 aliphatic heterocycles. The first-order chi connectivity index (χ1) is 14.9. The third-order valence-electron chi connectivity index (χ3n) is 10.1. The summed E-state index contributed by atoms with van der Waals surface area (Å²) in [7, 11) is 0. The molecule has 0 aromatic rings. The Morgan fingerprint density at radius 1 is 0.500 bits per heavy atom. The highest BCUT2D eigenvalue weighted by atomic mass is 32.2. The van der Waals surface area contributed by atoms with Crippen LogP contribution < -0.4 is 10.9 Å². The standard InChI is InChI=1S/C26H44N2OS/c1-2-7-18(8-3-1)25-27-28-26(29-25)19-15-13-17(14-16-19)20-10-6-11-22-21-9-4-5-12-23(21)30-24(20)22/h17-28H,1-16H2. The van der Waals surface area contributed by atoms with Crippen LogP contribution in [0.2, 0.25) is 0 Å². The summed E-state index contributed by atoms with van der Waals surface area (Å²) in [5.74, 6) is 5.66. The summed E-state index contributed by atoms with van der Waals surface area (Å²) in [6.07, 6.45) is 23.9. The van der Waals surface area contributed by atoms with Gasteiger partial charge in [0.1, 0.15) is 12.5 Å². The number of hydrazine groups is 1. The quantitative estimate of drug-likeness (QED) is 0.553. The molecule has 4 saturated carbocycles. The van der Waals surface area contributed by atoms with Gasteiger partial charge in [-0.05, 0) is 99.7 Å². The molecule has 4 aliphatic carbocycles. The van der Waals surface area contributed by atoms with Crippen molar-refractivity contribution in [2.75, 3.05) is 0 Å². The molecule has 2 saturated heterocycles. The minimum Gasteiger partial charge on any atom is -0.342 e. The van der Waals surface area contributed by atoms with Gasteiger partial charge in [-0.2, -0.15) is 11.8 Å². The molecular formula is C26H44N2OS. The zero-order valence-corrected chi connectivity index (χ0v) is 19.7. The molecule has 6 fully saturated rings. The van der Waals surface area contributed by atoms with Gasteiger partial charge in [0, 0.05) is 10.5 Å². The highest BCUT2D eigenvalue weighted by Crippen LogP contribution is 2.58. The number of rotatable bonds is 3. The second-order valence-corrected chi connectivity index (χ2v) is 13.1. The van der Waals surface area contributed by atoms with Crippen molar-refractivity contribution >= 4 is 11.8 Å². The molecule has 2 N–H and O–H groups in total. The van der Waals surface area contributed by atoms with Crippen LogP contribution in [-0.2, 0) is 4.74 Å². The first-order valence-electron chi connectivity index (χ1n) is 13.7. The molecular weight excluding hydrogens is 388 g/mol. The van der Waals surface area contributed by atoms with Crippen molar-refractivity contribution in [3.05, 3.63) is 0 Å². The Bertz CT molecular complexity index is 573. The van der Waals surface area contributed by atoms with Crippen LogP contribution in [0.3, 0.4) is 0 Å². The Morgan fingerprint density at radius 3 is 1.90 bits per heavy atom. The second kappa shape index (κ2) is 9.23. The van der Waals surface area contributed by atoms with E-state index >= 15 is 0 Å². The topological polar surface area (TPSA) is 33.3 Å². The number of thioether (sulfide) groups is 1. The molecule has 0 radical (unpaired) electrons. The van der Waals surface area contributed by atoms with Crippen molar-refractivity contribution in [2.45, 2.75) is 126 Å². The minimum atomic E-state index is 0.265. The molecule has 6 rings (SSSR count). The number of ether oxygens (including phenoxy) is 1. The van der Waals surface area contributed by atoms with Gasteiger partial charge in [0.15, 0.2) is 0 Å². The molecule has 7 atom stereocenters. The van der Waals surface area contributed by atoms with E-state index in [4.69, 9.17) is 4.74 Å². The molecule has 0 amide bonds. The van der Waals surface area contributed by atoms with Crippen LogP contribution in [0.15, 0.2) is 0 Å². The average Bonchev–Trinajstić information content (AvgIpc) is 3.45. The lowest BCUT2D eigenvalue weighted by Gasteiger charge is -2.43. The molecule has 0 spiro atoms. The Labute approximate surface area is 188 Å². The molecule has 6 aliphatic rings. The largest absolute Gasteiger partial charge is 0.342 e. The lowest BCUT2D eigenvalue weighted by Crippen LogP contribution is -2.41. The summed E-state index contributed by atoms with van der Waals surface area (Å²) in [4.78, 5) is 0. The fourth-order valence-electron chi connectivity index (χ4n) is 8.55. The molecule has 30 heavy (non-hydrogen) atoms. The van der Waals surface area contributed by atoms with Crippen LogP contribution >= 0.6 is 11.8 Å². The van der Waals surface area contributed by atoms with Gasteiger partial charge < -0.3 is 4.74 Å². The van der Waals surface area contributed by atoms with Crippen LogP contribution in [0.5, 0.6) is 0 Å². The monoisotopic (exact) mass is 432 g/mol. The van der Waals surface area contributed by atoms with E-state index in [1.807, 2.05) is 0 Å². The second-order valence-electron chi connectivity index (χ2n) is 11.7. The molecule has 2 heterocycles. The summed E-state index contributed by atoms with van der Waals surface area (Å²) in [6.45, 7) is 0. The van der Waals surface area contributed by atoms with E-state index in [0.29, 0.717) is 0 Å². The van der Waals surface area contributed by atoms with Gasteiger partial charge in [0.05, 0.1) is 0 Å². The van der Waals surface area contributed by atoms with E-state index in [-0.39, 0.29) is 12.5 Å². The van der Waals surface area contributed by atoms with Crippen molar-refractivity contribution in [3.63, 3.8) is 0 Å². The van der Waals surface area contributed by atoms with Crippen molar-refractivity contribution in [1.82, 2.24) is 10.9 Å². The molecule has 0 aromatic carbocycles. The van der Waals surface area contributed by atoms with Gasteiger partial charge in [-0.3, -0.25) is 0 Å². The smallest absolute Gasteiger partial charge is 0.125 e. The Kier molecular flexibility index (Phi) is 6.40. The van der Waals surface area contributed by atoms with Crippen molar-refractivity contribution in [3.8, 4) is 0 Å². The lowest BCUT2D eigenvalue weighted by atomic mass is 9.64. The third-order valence-corrected chi connectivity index (χ3v) is 12.1. The van der Waals surface area contributed by atoms with E-state index in [1.54, 1.807) is 12.8 Å². The van der Waals surface area contributed by atoms with Gasteiger partial charge in [-0.15, -0.1) is 0 Å². The van der Waals surface area contributed by atoms with Gasteiger partial charge in [-0.1, -0.05) is 38.5 Å². The van der Waals surface area contributed by atoms with E-state index in [2.05, 4.69) is 22.6 Å². The van der Waals surface area contributed by atoms with E-state index in [9.17, 15) is 0 Å². The summed E-state index contributed by atoms with van der Waals surface area (Å²) in [5.41, 5.74) is 7.09. The fourth-order valence-corrected chi connectivity index (χ4v) is 10.9. The predicted octanol–water partition coefficient (Wildman–Crippen LogP) is 6.24. The van der Waals surface area contributed by atoms with E-state index < -0.39 is 0 Å². The SMILES string of the molecule is C1CCC(C2NNC(C3CCC(C4CCCC5C6CCCCC6SC45)CC3)O2)CC1. The van der Waals surface area contributed by atoms with Crippen LogP contribution in [0.25, 0.3) is 0 Å². The molecule has 0 aromatic heterocycles. The highest BCUT2D eigenvalue weighted by Gasteiger charge is 2.50. The first-order valence-corrected chi connectivity index (χ1v) is 14.6. The zero-order valence-electron chi connectivity index (χ0n) is 18.9. The third kappa shape index (κ3) is 4.01. The van der Waals surface area contributed by atoms with Crippen LogP contribution in [0, 0.1) is 35.5 Å². The number of fused-ring (bicyclic) bond motifs is 3. The number of hydrogen-bond donors (Lipinski definition) is 2. The minimum absolute atomic E-state index is 0.265. The molecule has 7 unspecified atom stereocenters. The molecule has 0 bridgehead atoms. The molecule has 4 heteroatoms. The van der Waals surface area contributed by atoms with E-state index in [0.717, 1.165) is 46.0 Å². The van der Waals surface area contributed by atoms with Crippen LogP contribution in [0.1, 0.15) is 103 Å². The van der Waals surface area contributed by atoms with Crippen molar-refractivity contribution < 1.29 is 4.74 Å². The average molecular weight is 433 g/mol. The zero-order chi connectivity index (χ0) is 19.9. The van der Waals surface area contributed by atoms with Gasteiger partial charge >= 0.3 is 0 Å². The van der Waals surface area contributed by atoms with Gasteiger partial charge in [0.2, 0.25) is 0 Å². The lowest BCUT2D eigenvalue weighted by molar-refractivity contribution is -0.0451. The number of nitrogens with one attached hydrogen (secondary N) is 2. The van der Waals surface area contributed by atoms with Gasteiger partial charge in [-0.25, -0.2) is 10.9 Å². The van der Waals surface area contributed by atoms with Crippen molar-refractivity contribution in [2.24, 2.45) is 35.5 Å². The van der Waals surface area contributed by atoms with E-state index in [1.165, 1.54) is 89.9 Å². The maximum atomic E-state index is 6.53. The Hall–Kier alpha value is 0.230. The van der Waals surface area contributed by atoms with Crippen LogP contribution in [0.4, 0.5) is 0 Å². The summed E-state index contributed by atoms with van der Waals surface area (Å²) in [5, 5.41) is 2.05. The first kappa shape index (κ1) is 20.8. The Morgan fingerprint density at radius 2 is 1.10 bits per heavy atom. The maximum absolute atomic E-state index is 6.53. The highest BCUT2D eigenvalue weighted by molar-refractivity contribution is 8.00. The fraction of sp³-hybridized carbons (Fsp3) is 1.00. The summed E-state index contributed by atoms with van der Waals surface area (Å²) in [6, 6.07) is 0. The Balaban J connectivity index is 1.03. The molecule has 170 valence electrons. The van der Waals surface area contributed by atoms with Crippen molar-refractivity contribution in [1.29, 1.82) is 0 Å². The normalized spacial score (nSPS) is 50.2. The molecule has 3 nitrogen and oxygen atoms in total. The predicted molar refractivity (Wildman–Crippen MR) is 125 cm³/mol.